The summed E-state index contributed by atoms with van der Waals surface area (Å²) in [5.41, 5.74) is -0.256. The van der Waals surface area contributed by atoms with Crippen LogP contribution in [-0.2, 0) is 9.53 Å². The predicted octanol–water partition coefficient (Wildman–Crippen LogP) is 3.61. The number of benzene rings is 1. The van der Waals surface area contributed by atoms with E-state index < -0.39 is 0 Å². The molecule has 1 spiro atoms. The van der Waals surface area contributed by atoms with Gasteiger partial charge in [0.25, 0.3) is 0 Å². The van der Waals surface area contributed by atoms with Crippen molar-refractivity contribution >= 4 is 17.5 Å². The van der Waals surface area contributed by atoms with Crippen molar-refractivity contribution in [3.8, 4) is 0 Å². The summed E-state index contributed by atoms with van der Waals surface area (Å²) in [4.78, 5) is 14.0. The second-order valence-electron chi connectivity index (χ2n) is 5.95. The average molecular weight is 286 g/mol. The molecular weight excluding hydrogens is 268 g/mol. The normalized spacial score (nSPS) is 38.8. The molecular formula is C17H18O2S. The Labute approximate surface area is 123 Å². The van der Waals surface area contributed by atoms with Gasteiger partial charge in [0.15, 0.2) is 5.78 Å². The molecule has 0 N–H and O–H groups in total. The molecule has 0 radical (unpaired) electrons. The number of ketones is 1. The van der Waals surface area contributed by atoms with Crippen molar-refractivity contribution in [2.45, 2.75) is 47.5 Å². The molecule has 20 heavy (non-hydrogen) atoms. The van der Waals surface area contributed by atoms with Crippen molar-refractivity contribution in [1.29, 1.82) is 0 Å². The second-order valence-corrected chi connectivity index (χ2v) is 7.16. The number of carbonyl (C=O) groups excluding carboxylic acids is 1. The summed E-state index contributed by atoms with van der Waals surface area (Å²) >= 11 is 1.66. The Balaban J connectivity index is 1.62. The van der Waals surface area contributed by atoms with Gasteiger partial charge in [0.1, 0.15) is 0 Å². The third kappa shape index (κ3) is 1.87. The Morgan fingerprint density at radius 3 is 2.90 bits per heavy atom. The summed E-state index contributed by atoms with van der Waals surface area (Å²) in [6.07, 6.45) is 8.61. The van der Waals surface area contributed by atoms with Crippen molar-refractivity contribution in [2.75, 3.05) is 0 Å². The van der Waals surface area contributed by atoms with Crippen LogP contribution in [0, 0.1) is 5.92 Å². The smallest absolute Gasteiger partial charge is 0.155 e. The first-order valence-corrected chi connectivity index (χ1v) is 8.29. The van der Waals surface area contributed by atoms with Crippen molar-refractivity contribution in [3.05, 3.63) is 42.5 Å². The van der Waals surface area contributed by atoms with Crippen LogP contribution in [0.2, 0.25) is 0 Å². The molecule has 1 aliphatic carbocycles. The summed E-state index contributed by atoms with van der Waals surface area (Å²) in [5.74, 6) is 0.479. The highest BCUT2D eigenvalue weighted by Gasteiger charge is 2.55. The zero-order valence-corrected chi connectivity index (χ0v) is 12.1. The number of carbonyl (C=O) groups is 1. The highest BCUT2D eigenvalue weighted by Crippen LogP contribution is 2.50. The molecule has 1 saturated heterocycles. The van der Waals surface area contributed by atoms with Crippen LogP contribution in [0.1, 0.15) is 25.7 Å². The summed E-state index contributed by atoms with van der Waals surface area (Å²) in [6, 6.07) is 10.2. The molecule has 0 unspecified atom stereocenters. The molecule has 2 bridgehead atoms. The first-order valence-electron chi connectivity index (χ1n) is 7.41. The van der Waals surface area contributed by atoms with E-state index in [-0.39, 0.29) is 22.9 Å². The van der Waals surface area contributed by atoms with Gasteiger partial charge in [-0.3, -0.25) is 4.79 Å². The van der Waals surface area contributed by atoms with E-state index in [4.69, 9.17) is 4.74 Å². The molecule has 0 aromatic heterocycles. The fraction of sp³-hybridized carbons (Fsp3) is 0.471. The van der Waals surface area contributed by atoms with E-state index in [1.807, 2.05) is 18.2 Å². The number of ether oxygens (including phenoxy) is 1. The molecule has 3 heteroatoms. The fourth-order valence-corrected chi connectivity index (χ4v) is 4.94. The highest BCUT2D eigenvalue weighted by atomic mass is 32.2. The third-order valence-electron chi connectivity index (χ3n) is 4.75. The molecule has 4 rings (SSSR count). The second kappa shape index (κ2) is 4.74. The number of Topliss-reactive ketones (excluding diaryl/α,β-unsaturated/α-hetero) is 1. The third-order valence-corrected chi connectivity index (χ3v) is 6.05. The standard InChI is InChI=1S/C17H18O2S/c18-15-13-8-4-5-10-17(13)11-9-14(19-17)16(15)20-12-6-2-1-3-7-12/h1-3,6-7,9,11,13-14,16H,4-5,8,10H2/t13-,14+,16-,17-/m1/s1. The molecule has 1 aromatic rings. The predicted molar refractivity (Wildman–Crippen MR) is 79.8 cm³/mol. The van der Waals surface area contributed by atoms with E-state index in [9.17, 15) is 4.79 Å². The van der Waals surface area contributed by atoms with Crippen LogP contribution in [0.5, 0.6) is 0 Å². The number of hydrogen-bond acceptors (Lipinski definition) is 3. The summed E-state index contributed by atoms with van der Waals surface area (Å²) < 4.78 is 6.29. The van der Waals surface area contributed by atoms with Crippen LogP contribution < -0.4 is 0 Å². The van der Waals surface area contributed by atoms with E-state index >= 15 is 0 Å². The van der Waals surface area contributed by atoms with Crippen molar-refractivity contribution in [3.63, 3.8) is 0 Å². The molecule has 4 atom stereocenters. The van der Waals surface area contributed by atoms with Gasteiger partial charge in [-0.2, -0.15) is 0 Å². The lowest BCUT2D eigenvalue weighted by Crippen LogP contribution is -2.54. The molecule has 2 fully saturated rings. The lowest BCUT2D eigenvalue weighted by atomic mass is 9.72. The van der Waals surface area contributed by atoms with Gasteiger partial charge in [0.05, 0.1) is 22.9 Å². The summed E-state index contributed by atoms with van der Waals surface area (Å²) in [6.45, 7) is 0. The first-order chi connectivity index (χ1) is 9.78. The van der Waals surface area contributed by atoms with Gasteiger partial charge in [-0.1, -0.05) is 43.2 Å². The average Bonchev–Trinajstić information content (AvgIpc) is 2.85. The minimum Gasteiger partial charge on any atom is -0.361 e. The number of thioether (sulfide) groups is 1. The van der Waals surface area contributed by atoms with E-state index in [1.54, 1.807) is 11.8 Å². The van der Waals surface area contributed by atoms with Gasteiger partial charge in [0, 0.05) is 4.90 Å². The minimum absolute atomic E-state index is 0.0398. The topological polar surface area (TPSA) is 26.3 Å². The Kier molecular flexibility index (Phi) is 3.00. The maximum Gasteiger partial charge on any atom is 0.155 e. The van der Waals surface area contributed by atoms with Gasteiger partial charge in [-0.15, -0.1) is 11.8 Å². The maximum absolute atomic E-state index is 12.9. The zero-order valence-electron chi connectivity index (χ0n) is 11.3. The van der Waals surface area contributed by atoms with E-state index in [1.165, 1.54) is 6.42 Å². The first kappa shape index (κ1) is 12.7. The monoisotopic (exact) mass is 286 g/mol. The fourth-order valence-electron chi connectivity index (χ4n) is 3.78. The lowest BCUT2D eigenvalue weighted by Gasteiger charge is -2.45. The van der Waals surface area contributed by atoms with Crippen molar-refractivity contribution in [1.82, 2.24) is 0 Å². The molecule has 104 valence electrons. The van der Waals surface area contributed by atoms with Gasteiger partial charge in [0.2, 0.25) is 0 Å². The highest BCUT2D eigenvalue weighted by molar-refractivity contribution is 8.00. The summed E-state index contributed by atoms with van der Waals surface area (Å²) in [5, 5.41) is -0.0765. The van der Waals surface area contributed by atoms with Crippen molar-refractivity contribution < 1.29 is 9.53 Å². The maximum atomic E-state index is 12.9. The number of rotatable bonds is 2. The molecule has 0 amide bonds. The molecule has 1 aromatic carbocycles. The number of fused-ring (bicyclic) bond motifs is 1. The quantitative estimate of drug-likeness (QED) is 0.777. The molecule has 1 saturated carbocycles. The Morgan fingerprint density at radius 1 is 1.20 bits per heavy atom. The van der Waals surface area contributed by atoms with Gasteiger partial charge >= 0.3 is 0 Å². The van der Waals surface area contributed by atoms with Gasteiger partial charge < -0.3 is 4.74 Å². The molecule has 2 nitrogen and oxygen atoms in total. The van der Waals surface area contributed by atoms with Gasteiger partial charge in [-0.05, 0) is 25.0 Å². The molecule has 2 aliphatic heterocycles. The van der Waals surface area contributed by atoms with Crippen LogP contribution in [0.3, 0.4) is 0 Å². The van der Waals surface area contributed by atoms with Crippen molar-refractivity contribution in [2.24, 2.45) is 5.92 Å². The Hall–Kier alpha value is -1.06. The van der Waals surface area contributed by atoms with Crippen LogP contribution in [0.15, 0.2) is 47.4 Å². The largest absolute Gasteiger partial charge is 0.361 e. The molecule has 3 aliphatic rings. The molecule has 2 heterocycles. The number of hydrogen-bond donors (Lipinski definition) is 0. The minimum atomic E-state index is -0.256. The Morgan fingerprint density at radius 2 is 2.05 bits per heavy atom. The Bertz CT molecular complexity index is 553. The van der Waals surface area contributed by atoms with Crippen LogP contribution in [-0.4, -0.2) is 22.7 Å². The summed E-state index contributed by atoms with van der Waals surface area (Å²) in [7, 11) is 0. The van der Waals surface area contributed by atoms with Crippen LogP contribution >= 0.6 is 11.8 Å². The van der Waals surface area contributed by atoms with Crippen LogP contribution in [0.4, 0.5) is 0 Å². The van der Waals surface area contributed by atoms with Crippen LogP contribution in [0.25, 0.3) is 0 Å². The lowest BCUT2D eigenvalue weighted by molar-refractivity contribution is -0.154. The van der Waals surface area contributed by atoms with E-state index in [0.717, 1.165) is 24.2 Å². The SMILES string of the molecule is O=C1[C@H]2CCCC[C@@]23C=C[C@H](O3)[C@H]1Sc1ccccc1. The van der Waals surface area contributed by atoms with E-state index in [0.29, 0.717) is 5.78 Å². The van der Waals surface area contributed by atoms with E-state index in [2.05, 4.69) is 24.3 Å². The van der Waals surface area contributed by atoms with Gasteiger partial charge in [-0.25, -0.2) is 0 Å². The zero-order chi connectivity index (χ0) is 13.6.